The summed E-state index contributed by atoms with van der Waals surface area (Å²) < 4.78 is 0. The van der Waals surface area contributed by atoms with Crippen LogP contribution in [0.4, 0.5) is 11.5 Å². The Balaban J connectivity index is 1.96. The first-order valence-corrected chi connectivity index (χ1v) is 6.74. The van der Waals surface area contributed by atoms with Gasteiger partial charge in [0.15, 0.2) is 0 Å². The lowest BCUT2D eigenvalue weighted by atomic mass is 10.3. The summed E-state index contributed by atoms with van der Waals surface area (Å²) in [6, 6.07) is 3.03. The van der Waals surface area contributed by atoms with Gasteiger partial charge >= 0.3 is 0 Å². The zero-order valence-electron chi connectivity index (χ0n) is 10.8. The third kappa shape index (κ3) is 3.78. The van der Waals surface area contributed by atoms with Crippen molar-refractivity contribution in [2.75, 3.05) is 25.0 Å². The summed E-state index contributed by atoms with van der Waals surface area (Å²) in [6.45, 7) is 5.07. The first-order chi connectivity index (χ1) is 9.06. The average Bonchev–Trinajstić information content (AvgIpc) is 2.89. The molecule has 0 aromatic carbocycles. The van der Waals surface area contributed by atoms with Gasteiger partial charge in [-0.05, 0) is 32.9 Å². The topological polar surface area (TPSA) is 71.3 Å². The van der Waals surface area contributed by atoms with Crippen molar-refractivity contribution in [1.82, 2.24) is 9.88 Å². The number of hydrogen-bond acceptors (Lipinski definition) is 5. The second kappa shape index (κ2) is 6.16. The number of aromatic nitrogens is 1. The summed E-state index contributed by atoms with van der Waals surface area (Å²) in [7, 11) is 0. The summed E-state index contributed by atoms with van der Waals surface area (Å²) in [5.74, 6) is 0.449. The lowest BCUT2D eigenvalue weighted by Crippen LogP contribution is -2.35. The maximum absolute atomic E-state index is 10.7. The highest BCUT2D eigenvalue weighted by Gasteiger charge is 2.18. The van der Waals surface area contributed by atoms with Gasteiger partial charge in [-0.25, -0.2) is 4.98 Å². The van der Waals surface area contributed by atoms with Gasteiger partial charge in [-0.2, -0.15) is 0 Å². The van der Waals surface area contributed by atoms with Crippen LogP contribution >= 0.6 is 11.6 Å². The van der Waals surface area contributed by atoms with Gasteiger partial charge in [0.25, 0.3) is 5.69 Å². The van der Waals surface area contributed by atoms with Crippen LogP contribution in [0.5, 0.6) is 0 Å². The highest BCUT2D eigenvalue weighted by Crippen LogP contribution is 2.20. The third-order valence-electron chi connectivity index (χ3n) is 3.33. The minimum atomic E-state index is -0.470. The number of halogens is 1. The van der Waals surface area contributed by atoms with Gasteiger partial charge in [-0.3, -0.25) is 15.0 Å². The highest BCUT2D eigenvalue weighted by molar-refractivity contribution is 6.29. The van der Waals surface area contributed by atoms with Crippen molar-refractivity contribution in [3.8, 4) is 0 Å². The summed E-state index contributed by atoms with van der Waals surface area (Å²) in [6.07, 6.45) is 2.48. The van der Waals surface area contributed by atoms with Crippen molar-refractivity contribution < 1.29 is 4.92 Å². The van der Waals surface area contributed by atoms with Gasteiger partial charge in [-0.15, -0.1) is 0 Å². The lowest BCUT2D eigenvalue weighted by Gasteiger charge is -2.24. The van der Waals surface area contributed by atoms with Gasteiger partial charge in [0, 0.05) is 12.6 Å². The molecule has 0 spiro atoms. The maximum atomic E-state index is 10.7. The second-order valence-corrected chi connectivity index (χ2v) is 5.15. The second-order valence-electron chi connectivity index (χ2n) is 4.76. The van der Waals surface area contributed by atoms with E-state index in [1.807, 2.05) is 0 Å². The van der Waals surface area contributed by atoms with Gasteiger partial charge in [-0.1, -0.05) is 11.6 Å². The molecular formula is C12H17ClN4O2. The summed E-state index contributed by atoms with van der Waals surface area (Å²) in [4.78, 5) is 16.7. The van der Waals surface area contributed by atoms with Crippen molar-refractivity contribution in [2.24, 2.45) is 0 Å². The predicted molar refractivity (Wildman–Crippen MR) is 74.7 cm³/mol. The van der Waals surface area contributed by atoms with E-state index in [-0.39, 0.29) is 10.8 Å². The standard InChI is InChI=1S/C12H17ClN4O2/c1-9(16-4-2-3-5-16)8-14-12-7-10(17(18)19)6-11(13)15-12/h6-7,9H,2-5,8H2,1H3,(H,14,15). The van der Waals surface area contributed by atoms with Crippen LogP contribution in [0.2, 0.25) is 5.15 Å². The molecule has 1 atom stereocenters. The molecule has 0 bridgehead atoms. The van der Waals surface area contributed by atoms with Crippen LogP contribution in [0.25, 0.3) is 0 Å². The van der Waals surface area contributed by atoms with Gasteiger partial charge in [0.05, 0.1) is 17.1 Å². The number of nitrogens with zero attached hydrogens (tertiary/aromatic N) is 3. The molecule has 1 aliphatic heterocycles. The molecule has 0 saturated carbocycles. The number of likely N-dealkylation sites (tertiary alicyclic amines) is 1. The maximum Gasteiger partial charge on any atom is 0.276 e. The normalized spacial score (nSPS) is 17.4. The number of anilines is 1. The third-order valence-corrected chi connectivity index (χ3v) is 3.53. The molecule has 1 saturated heterocycles. The minimum Gasteiger partial charge on any atom is -0.368 e. The fourth-order valence-electron chi connectivity index (χ4n) is 2.24. The number of rotatable bonds is 5. The lowest BCUT2D eigenvalue weighted by molar-refractivity contribution is -0.384. The van der Waals surface area contributed by atoms with E-state index in [1.165, 1.54) is 25.0 Å². The van der Waals surface area contributed by atoms with Crippen LogP contribution in [0.15, 0.2) is 12.1 Å². The van der Waals surface area contributed by atoms with Crippen LogP contribution in [0.3, 0.4) is 0 Å². The Hall–Kier alpha value is -1.40. The SMILES string of the molecule is CC(CNc1cc([N+](=O)[O-])cc(Cl)n1)N1CCCC1. The average molecular weight is 285 g/mol. The van der Waals surface area contributed by atoms with Crippen molar-refractivity contribution >= 4 is 23.1 Å². The van der Waals surface area contributed by atoms with E-state index >= 15 is 0 Å². The molecule has 1 N–H and O–H groups in total. The predicted octanol–water partition coefficient (Wildman–Crippen LogP) is 2.54. The number of nitrogens with one attached hydrogen (secondary N) is 1. The minimum absolute atomic E-state index is 0.0451. The highest BCUT2D eigenvalue weighted by atomic mass is 35.5. The van der Waals surface area contributed by atoms with Gasteiger partial charge in [0.1, 0.15) is 11.0 Å². The number of hydrogen-bond donors (Lipinski definition) is 1. The first kappa shape index (κ1) is 14.0. The van der Waals surface area contributed by atoms with Crippen molar-refractivity contribution in [3.05, 3.63) is 27.4 Å². The molecule has 0 amide bonds. The quantitative estimate of drug-likeness (QED) is 0.511. The van der Waals surface area contributed by atoms with E-state index in [4.69, 9.17) is 11.6 Å². The van der Waals surface area contributed by atoms with E-state index in [9.17, 15) is 10.1 Å². The summed E-state index contributed by atoms with van der Waals surface area (Å²) in [5, 5.41) is 14.0. The van der Waals surface area contributed by atoms with Gasteiger partial charge < -0.3 is 5.32 Å². The molecule has 1 aliphatic rings. The first-order valence-electron chi connectivity index (χ1n) is 6.36. The van der Waals surface area contributed by atoms with E-state index in [1.54, 1.807) is 0 Å². The molecule has 2 rings (SSSR count). The van der Waals surface area contributed by atoms with E-state index in [2.05, 4.69) is 22.1 Å². The molecular weight excluding hydrogens is 268 g/mol. The zero-order chi connectivity index (χ0) is 13.8. The summed E-state index contributed by atoms with van der Waals surface area (Å²) in [5.41, 5.74) is -0.0451. The molecule has 19 heavy (non-hydrogen) atoms. The van der Waals surface area contributed by atoms with Crippen LogP contribution in [-0.4, -0.2) is 40.5 Å². The van der Waals surface area contributed by atoms with Crippen molar-refractivity contribution in [3.63, 3.8) is 0 Å². The Morgan fingerprint density at radius 3 is 2.84 bits per heavy atom. The van der Waals surface area contributed by atoms with Crippen molar-refractivity contribution in [1.29, 1.82) is 0 Å². The molecule has 7 heteroatoms. The zero-order valence-corrected chi connectivity index (χ0v) is 11.6. The van der Waals surface area contributed by atoms with E-state index < -0.39 is 4.92 Å². The molecule has 0 aliphatic carbocycles. The molecule has 6 nitrogen and oxygen atoms in total. The fraction of sp³-hybridized carbons (Fsp3) is 0.583. The molecule has 2 heterocycles. The Morgan fingerprint density at radius 2 is 2.21 bits per heavy atom. The summed E-state index contributed by atoms with van der Waals surface area (Å²) >= 11 is 5.77. The molecule has 104 valence electrons. The fourth-order valence-corrected chi connectivity index (χ4v) is 2.45. The molecule has 0 radical (unpaired) electrons. The Bertz CT molecular complexity index is 463. The van der Waals surface area contributed by atoms with Crippen molar-refractivity contribution in [2.45, 2.75) is 25.8 Å². The molecule has 1 fully saturated rings. The Labute approximate surface area is 116 Å². The van der Waals surface area contributed by atoms with Crippen LogP contribution < -0.4 is 5.32 Å². The molecule has 1 unspecified atom stereocenters. The smallest absolute Gasteiger partial charge is 0.276 e. The van der Waals surface area contributed by atoms with Gasteiger partial charge in [0.2, 0.25) is 0 Å². The van der Waals surface area contributed by atoms with E-state index in [0.29, 0.717) is 18.4 Å². The molecule has 1 aromatic heterocycles. The Morgan fingerprint density at radius 1 is 1.53 bits per heavy atom. The Kier molecular flexibility index (Phi) is 4.55. The van der Waals surface area contributed by atoms with Crippen LogP contribution in [-0.2, 0) is 0 Å². The van der Waals surface area contributed by atoms with Crippen LogP contribution in [0.1, 0.15) is 19.8 Å². The monoisotopic (exact) mass is 284 g/mol. The number of nitro groups is 1. The molecule has 1 aromatic rings. The van der Waals surface area contributed by atoms with Crippen LogP contribution in [0, 0.1) is 10.1 Å². The van der Waals surface area contributed by atoms with E-state index in [0.717, 1.165) is 13.1 Å². The number of pyridine rings is 1. The largest absolute Gasteiger partial charge is 0.368 e.